The first-order valence-electron chi connectivity index (χ1n) is 12.2. The van der Waals surface area contributed by atoms with Crippen molar-refractivity contribution in [2.75, 3.05) is 25.4 Å². The first-order valence-corrected chi connectivity index (χ1v) is 12.2. The summed E-state index contributed by atoms with van der Waals surface area (Å²) in [6, 6.07) is 19.5. The van der Waals surface area contributed by atoms with Crippen molar-refractivity contribution in [2.24, 2.45) is 0 Å². The number of hydrogen-bond acceptors (Lipinski definition) is 4. The van der Waals surface area contributed by atoms with Gasteiger partial charge in [-0.1, -0.05) is 42.5 Å². The quantitative estimate of drug-likeness (QED) is 0.379. The number of nitrogens with zero attached hydrogens (tertiary/aromatic N) is 5. The van der Waals surface area contributed by atoms with E-state index in [4.69, 9.17) is 5.73 Å². The normalized spacial score (nSPS) is 14.5. The van der Waals surface area contributed by atoms with Crippen molar-refractivity contribution in [2.45, 2.75) is 32.2 Å². The molecule has 34 heavy (non-hydrogen) atoms. The molecule has 0 radical (unpaired) electrons. The van der Waals surface area contributed by atoms with E-state index < -0.39 is 0 Å². The minimum absolute atomic E-state index is 0.525. The lowest BCUT2D eigenvalue weighted by molar-refractivity contribution is 0.333. The number of hydrogen-bond donors (Lipinski definition) is 1. The molecule has 0 spiro atoms. The van der Waals surface area contributed by atoms with Gasteiger partial charge in [0.05, 0.1) is 0 Å². The maximum absolute atomic E-state index is 6.35. The molecule has 6 nitrogen and oxygen atoms in total. The first-order chi connectivity index (χ1) is 16.7. The van der Waals surface area contributed by atoms with E-state index in [0.717, 1.165) is 42.6 Å². The second-order valence-corrected chi connectivity index (χ2v) is 9.37. The average molecular weight is 451 g/mol. The molecule has 1 saturated heterocycles. The summed E-state index contributed by atoms with van der Waals surface area (Å²) in [4.78, 5) is 6.86. The van der Waals surface area contributed by atoms with E-state index in [9.17, 15) is 0 Å². The molecule has 3 aromatic heterocycles. The van der Waals surface area contributed by atoms with Gasteiger partial charge in [0.25, 0.3) is 0 Å². The van der Waals surface area contributed by atoms with Crippen molar-refractivity contribution in [3.8, 4) is 11.1 Å². The number of nitrogen functional groups attached to an aromatic ring is 1. The van der Waals surface area contributed by atoms with Crippen LogP contribution in [0.4, 0.5) is 5.82 Å². The summed E-state index contributed by atoms with van der Waals surface area (Å²) in [5.74, 6) is 0.525. The second kappa shape index (κ2) is 8.95. The van der Waals surface area contributed by atoms with Gasteiger partial charge in [0.15, 0.2) is 5.82 Å². The maximum atomic E-state index is 6.35. The highest BCUT2D eigenvalue weighted by molar-refractivity contribution is 5.93. The zero-order valence-corrected chi connectivity index (χ0v) is 19.4. The number of nitrogens with two attached hydrogens (primary N) is 1. The Labute approximate surface area is 199 Å². The standard InChI is InChI=1S/C28H30N6/c29-28-27-26(16-25(34(27)31-20-30-28)9-6-14-32-12-4-5-13-32)22-10-11-23-18-33(19-24(23)15-22)17-21-7-2-1-3-8-21/h1-3,7-8,10-11,15-16,18-20H,4-6,9,12-14,17H2,(H2,29,30,31). The number of anilines is 1. The van der Waals surface area contributed by atoms with Crippen LogP contribution in [-0.2, 0) is 13.0 Å². The SMILES string of the molecule is Nc1ncnn2c(CCCN3CCCC3)cc(-c3ccc4cn(Cc5ccccc5)cc4c3)c12. The Morgan fingerprint density at radius 1 is 0.912 bits per heavy atom. The lowest BCUT2D eigenvalue weighted by Crippen LogP contribution is -2.20. The first kappa shape index (κ1) is 20.9. The highest BCUT2D eigenvalue weighted by Crippen LogP contribution is 2.33. The number of rotatable bonds is 7. The van der Waals surface area contributed by atoms with Crippen LogP contribution in [0.3, 0.4) is 0 Å². The lowest BCUT2D eigenvalue weighted by Gasteiger charge is -2.13. The van der Waals surface area contributed by atoms with Crippen LogP contribution < -0.4 is 5.73 Å². The maximum Gasteiger partial charge on any atom is 0.151 e. The topological polar surface area (TPSA) is 64.4 Å². The Balaban J connectivity index is 1.32. The summed E-state index contributed by atoms with van der Waals surface area (Å²) in [5, 5.41) is 7.02. The van der Waals surface area contributed by atoms with Gasteiger partial charge >= 0.3 is 0 Å². The van der Waals surface area contributed by atoms with E-state index in [2.05, 4.69) is 86.5 Å². The molecule has 0 amide bonds. The van der Waals surface area contributed by atoms with E-state index in [1.54, 1.807) is 6.33 Å². The molecule has 6 rings (SSSR count). The predicted octanol–water partition coefficient (Wildman–Crippen LogP) is 5.01. The van der Waals surface area contributed by atoms with Gasteiger partial charge in [0.2, 0.25) is 0 Å². The van der Waals surface area contributed by atoms with E-state index in [1.807, 2.05) is 4.52 Å². The van der Waals surface area contributed by atoms with E-state index >= 15 is 0 Å². The van der Waals surface area contributed by atoms with Crippen LogP contribution in [0.15, 0.2) is 73.3 Å². The molecule has 4 heterocycles. The summed E-state index contributed by atoms with van der Waals surface area (Å²) < 4.78 is 4.25. The molecule has 0 unspecified atom stereocenters. The minimum atomic E-state index is 0.525. The molecule has 1 aliphatic rings. The summed E-state index contributed by atoms with van der Waals surface area (Å²) in [6.45, 7) is 4.48. The number of aryl methyl sites for hydroxylation is 1. The van der Waals surface area contributed by atoms with Crippen LogP contribution in [0, 0.1) is 0 Å². The van der Waals surface area contributed by atoms with Gasteiger partial charge in [-0.25, -0.2) is 9.50 Å². The third-order valence-electron chi connectivity index (χ3n) is 6.98. The number of benzene rings is 2. The van der Waals surface area contributed by atoms with Crippen LogP contribution in [0.25, 0.3) is 27.4 Å². The van der Waals surface area contributed by atoms with Crippen molar-refractivity contribution in [3.05, 3.63) is 84.6 Å². The molecule has 0 aliphatic carbocycles. The van der Waals surface area contributed by atoms with E-state index in [1.165, 1.54) is 48.0 Å². The molecule has 172 valence electrons. The third kappa shape index (κ3) is 4.05. The zero-order valence-electron chi connectivity index (χ0n) is 19.4. The minimum Gasteiger partial charge on any atom is -0.382 e. The number of fused-ring (bicyclic) bond motifs is 2. The highest BCUT2D eigenvalue weighted by atomic mass is 15.3. The molecule has 2 aromatic carbocycles. The third-order valence-corrected chi connectivity index (χ3v) is 6.98. The number of aromatic nitrogens is 4. The zero-order chi connectivity index (χ0) is 22.9. The molecule has 0 atom stereocenters. The summed E-state index contributed by atoms with van der Waals surface area (Å²) >= 11 is 0. The van der Waals surface area contributed by atoms with Crippen LogP contribution >= 0.6 is 0 Å². The molecule has 0 bridgehead atoms. The molecule has 1 fully saturated rings. The Bertz CT molecular complexity index is 1430. The second-order valence-electron chi connectivity index (χ2n) is 9.37. The van der Waals surface area contributed by atoms with Crippen molar-refractivity contribution in [3.63, 3.8) is 0 Å². The molecule has 1 aliphatic heterocycles. The smallest absolute Gasteiger partial charge is 0.151 e. The van der Waals surface area contributed by atoms with Crippen LogP contribution in [0.1, 0.15) is 30.5 Å². The Hall–Kier alpha value is -3.64. The summed E-state index contributed by atoms with van der Waals surface area (Å²) in [7, 11) is 0. The van der Waals surface area contributed by atoms with Crippen molar-refractivity contribution >= 4 is 22.1 Å². The van der Waals surface area contributed by atoms with Gasteiger partial charge in [0.1, 0.15) is 11.8 Å². The summed E-state index contributed by atoms with van der Waals surface area (Å²) in [5.41, 5.74) is 12.0. The fourth-order valence-corrected chi connectivity index (χ4v) is 5.27. The fourth-order valence-electron chi connectivity index (χ4n) is 5.27. The van der Waals surface area contributed by atoms with Gasteiger partial charge < -0.3 is 15.2 Å². The van der Waals surface area contributed by atoms with Crippen molar-refractivity contribution in [1.29, 1.82) is 0 Å². The monoisotopic (exact) mass is 450 g/mol. The van der Waals surface area contributed by atoms with Crippen LogP contribution in [0.2, 0.25) is 0 Å². The number of likely N-dealkylation sites (tertiary alicyclic amines) is 1. The fraction of sp³-hybridized carbons (Fsp3) is 0.286. The van der Waals surface area contributed by atoms with Gasteiger partial charge in [-0.3, -0.25) is 0 Å². The Morgan fingerprint density at radius 2 is 1.74 bits per heavy atom. The highest BCUT2D eigenvalue weighted by Gasteiger charge is 2.17. The van der Waals surface area contributed by atoms with E-state index in [-0.39, 0.29) is 0 Å². The molecule has 2 N–H and O–H groups in total. The molecule has 6 heteroatoms. The molecular weight excluding hydrogens is 420 g/mol. The predicted molar refractivity (Wildman–Crippen MR) is 138 cm³/mol. The Morgan fingerprint density at radius 3 is 2.59 bits per heavy atom. The van der Waals surface area contributed by atoms with E-state index in [0.29, 0.717) is 5.82 Å². The van der Waals surface area contributed by atoms with Crippen molar-refractivity contribution < 1.29 is 0 Å². The van der Waals surface area contributed by atoms with Crippen molar-refractivity contribution in [1.82, 2.24) is 24.1 Å². The van der Waals surface area contributed by atoms with Gasteiger partial charge in [0, 0.05) is 30.2 Å². The van der Waals surface area contributed by atoms with Crippen LogP contribution in [0.5, 0.6) is 0 Å². The Kier molecular flexibility index (Phi) is 5.51. The molecular formula is C28H30N6. The summed E-state index contributed by atoms with van der Waals surface area (Å²) in [6.07, 6.45) is 10.8. The lowest BCUT2D eigenvalue weighted by atomic mass is 10.0. The van der Waals surface area contributed by atoms with Gasteiger partial charge in [-0.15, -0.1) is 0 Å². The van der Waals surface area contributed by atoms with Crippen LogP contribution in [-0.4, -0.2) is 43.7 Å². The largest absolute Gasteiger partial charge is 0.382 e. The van der Waals surface area contributed by atoms with Gasteiger partial charge in [-0.05, 0) is 79.3 Å². The molecule has 0 saturated carbocycles. The van der Waals surface area contributed by atoms with Gasteiger partial charge in [-0.2, -0.15) is 5.10 Å². The molecule has 5 aromatic rings. The average Bonchev–Trinajstić information content (AvgIpc) is 3.59.